The van der Waals surface area contributed by atoms with E-state index in [0.717, 1.165) is 19.5 Å². The number of hydrogen-bond acceptors (Lipinski definition) is 3. The molecule has 0 aliphatic carbocycles. The fourth-order valence-electron chi connectivity index (χ4n) is 1.91. The average Bonchev–Trinajstić information content (AvgIpc) is 2.46. The Morgan fingerprint density at radius 2 is 2.17 bits per heavy atom. The van der Waals surface area contributed by atoms with Crippen LogP contribution in [-0.2, 0) is 4.79 Å². The first kappa shape index (κ1) is 12.8. The third-order valence-electron chi connectivity index (χ3n) is 3.01. The second kappa shape index (κ2) is 6.33. The van der Waals surface area contributed by atoms with Crippen LogP contribution in [0, 0.1) is 0 Å². The number of amides is 1. The van der Waals surface area contributed by atoms with Gasteiger partial charge in [-0.2, -0.15) is 0 Å². The molecule has 1 unspecified atom stereocenters. The Morgan fingerprint density at radius 3 is 2.83 bits per heavy atom. The van der Waals surface area contributed by atoms with Crippen molar-refractivity contribution in [1.29, 1.82) is 0 Å². The number of nitrogens with one attached hydrogen (secondary N) is 2. The minimum Gasteiger partial charge on any atom is -0.378 e. The highest BCUT2D eigenvalue weighted by molar-refractivity contribution is 5.82. The standard InChI is InChI=1S/C14H18N2O2/c17-13(12-4-2-1-3-5-12)14(18)16-10-11-6-8-15-9-7-11/h1-6,13,15,17H,7-10H2,(H,16,18). The van der Waals surface area contributed by atoms with Crippen molar-refractivity contribution in [2.24, 2.45) is 0 Å². The molecule has 3 N–H and O–H groups in total. The zero-order chi connectivity index (χ0) is 12.8. The summed E-state index contributed by atoms with van der Waals surface area (Å²) in [7, 11) is 0. The van der Waals surface area contributed by atoms with E-state index in [2.05, 4.69) is 16.7 Å². The van der Waals surface area contributed by atoms with Crippen molar-refractivity contribution in [1.82, 2.24) is 10.6 Å². The number of carbonyl (C=O) groups is 1. The third kappa shape index (κ3) is 3.42. The van der Waals surface area contributed by atoms with Crippen LogP contribution in [-0.4, -0.2) is 30.6 Å². The molecule has 1 heterocycles. The topological polar surface area (TPSA) is 61.4 Å². The molecule has 0 spiro atoms. The van der Waals surface area contributed by atoms with Crippen LogP contribution in [0.4, 0.5) is 0 Å². The van der Waals surface area contributed by atoms with Gasteiger partial charge in [0.1, 0.15) is 0 Å². The smallest absolute Gasteiger partial charge is 0.253 e. The molecule has 0 aromatic heterocycles. The number of hydrogen-bond donors (Lipinski definition) is 3. The molecule has 18 heavy (non-hydrogen) atoms. The maximum Gasteiger partial charge on any atom is 0.253 e. The SMILES string of the molecule is O=C(NCC1=CCNCC1)C(O)c1ccccc1. The van der Waals surface area contributed by atoms with E-state index in [4.69, 9.17) is 0 Å². The van der Waals surface area contributed by atoms with Gasteiger partial charge in [0.2, 0.25) is 0 Å². The highest BCUT2D eigenvalue weighted by atomic mass is 16.3. The maximum absolute atomic E-state index is 11.8. The number of benzene rings is 1. The van der Waals surface area contributed by atoms with Crippen LogP contribution in [0.1, 0.15) is 18.1 Å². The largest absolute Gasteiger partial charge is 0.378 e. The summed E-state index contributed by atoms with van der Waals surface area (Å²) >= 11 is 0. The van der Waals surface area contributed by atoms with Crippen LogP contribution < -0.4 is 10.6 Å². The predicted molar refractivity (Wildman–Crippen MR) is 70.0 cm³/mol. The van der Waals surface area contributed by atoms with Crippen LogP contribution >= 0.6 is 0 Å². The Hall–Kier alpha value is -1.65. The lowest BCUT2D eigenvalue weighted by atomic mass is 10.1. The first-order chi connectivity index (χ1) is 8.77. The monoisotopic (exact) mass is 246 g/mol. The van der Waals surface area contributed by atoms with Crippen molar-refractivity contribution in [3.05, 3.63) is 47.5 Å². The van der Waals surface area contributed by atoms with Gasteiger partial charge in [-0.1, -0.05) is 42.0 Å². The molecular weight excluding hydrogens is 228 g/mol. The summed E-state index contributed by atoms with van der Waals surface area (Å²) in [5, 5.41) is 15.9. The minimum atomic E-state index is -1.09. The summed E-state index contributed by atoms with van der Waals surface area (Å²) in [6.07, 6.45) is 1.94. The van der Waals surface area contributed by atoms with E-state index in [1.807, 2.05) is 6.07 Å². The van der Waals surface area contributed by atoms with Gasteiger partial charge in [-0.3, -0.25) is 4.79 Å². The minimum absolute atomic E-state index is 0.347. The molecule has 1 atom stereocenters. The van der Waals surface area contributed by atoms with E-state index in [9.17, 15) is 9.90 Å². The Bertz CT molecular complexity index is 429. The lowest BCUT2D eigenvalue weighted by Crippen LogP contribution is -2.33. The van der Waals surface area contributed by atoms with Gasteiger partial charge >= 0.3 is 0 Å². The molecule has 0 radical (unpaired) electrons. The van der Waals surface area contributed by atoms with E-state index in [1.54, 1.807) is 24.3 Å². The van der Waals surface area contributed by atoms with Gasteiger partial charge in [-0.05, 0) is 18.5 Å². The summed E-state index contributed by atoms with van der Waals surface area (Å²) in [4.78, 5) is 11.8. The molecule has 0 bridgehead atoms. The molecule has 1 aliphatic rings. The van der Waals surface area contributed by atoms with Gasteiger partial charge in [-0.25, -0.2) is 0 Å². The average molecular weight is 246 g/mol. The third-order valence-corrected chi connectivity index (χ3v) is 3.01. The highest BCUT2D eigenvalue weighted by Gasteiger charge is 2.16. The van der Waals surface area contributed by atoms with Crippen molar-refractivity contribution < 1.29 is 9.90 Å². The predicted octanol–water partition coefficient (Wildman–Crippen LogP) is 0.756. The van der Waals surface area contributed by atoms with Crippen molar-refractivity contribution in [2.45, 2.75) is 12.5 Å². The van der Waals surface area contributed by atoms with Gasteiger partial charge in [0.25, 0.3) is 5.91 Å². The summed E-state index contributed by atoms with van der Waals surface area (Å²) in [5.41, 5.74) is 1.83. The van der Waals surface area contributed by atoms with E-state index >= 15 is 0 Å². The lowest BCUT2D eigenvalue weighted by Gasteiger charge is -2.16. The van der Waals surface area contributed by atoms with Gasteiger partial charge < -0.3 is 15.7 Å². The molecule has 1 aromatic rings. The normalized spacial score (nSPS) is 16.8. The Morgan fingerprint density at radius 1 is 1.39 bits per heavy atom. The maximum atomic E-state index is 11.8. The molecular formula is C14H18N2O2. The quantitative estimate of drug-likeness (QED) is 0.687. The van der Waals surface area contributed by atoms with Crippen molar-refractivity contribution in [2.75, 3.05) is 19.6 Å². The summed E-state index contributed by atoms with van der Waals surface area (Å²) < 4.78 is 0. The van der Waals surface area contributed by atoms with Gasteiger partial charge in [0.05, 0.1) is 0 Å². The second-order valence-electron chi connectivity index (χ2n) is 4.35. The first-order valence-electron chi connectivity index (χ1n) is 6.17. The zero-order valence-electron chi connectivity index (χ0n) is 10.2. The lowest BCUT2D eigenvalue weighted by molar-refractivity contribution is -0.129. The van der Waals surface area contributed by atoms with Crippen LogP contribution in [0.15, 0.2) is 42.0 Å². The van der Waals surface area contributed by atoms with Gasteiger partial charge in [0, 0.05) is 13.1 Å². The Labute approximate surface area is 107 Å². The number of carbonyl (C=O) groups excluding carboxylic acids is 1. The van der Waals surface area contributed by atoms with Crippen LogP contribution in [0.5, 0.6) is 0 Å². The number of aliphatic hydroxyl groups is 1. The van der Waals surface area contributed by atoms with E-state index in [1.165, 1.54) is 5.57 Å². The Balaban J connectivity index is 1.86. The van der Waals surface area contributed by atoms with Gasteiger partial charge in [-0.15, -0.1) is 0 Å². The van der Waals surface area contributed by atoms with Gasteiger partial charge in [0.15, 0.2) is 6.10 Å². The molecule has 4 heteroatoms. The van der Waals surface area contributed by atoms with E-state index < -0.39 is 6.10 Å². The Kier molecular flexibility index (Phi) is 4.50. The molecule has 1 aliphatic heterocycles. The van der Waals surface area contributed by atoms with Crippen molar-refractivity contribution in [3.63, 3.8) is 0 Å². The molecule has 0 fully saturated rings. The highest BCUT2D eigenvalue weighted by Crippen LogP contribution is 2.12. The first-order valence-corrected chi connectivity index (χ1v) is 6.17. The molecule has 0 saturated heterocycles. The molecule has 1 aromatic carbocycles. The van der Waals surface area contributed by atoms with Crippen molar-refractivity contribution >= 4 is 5.91 Å². The van der Waals surface area contributed by atoms with Crippen LogP contribution in [0.3, 0.4) is 0 Å². The fraction of sp³-hybridized carbons (Fsp3) is 0.357. The van der Waals surface area contributed by atoms with Crippen LogP contribution in [0.25, 0.3) is 0 Å². The zero-order valence-corrected chi connectivity index (χ0v) is 10.2. The molecule has 4 nitrogen and oxygen atoms in total. The summed E-state index contributed by atoms with van der Waals surface area (Å²) in [6, 6.07) is 8.96. The van der Waals surface area contributed by atoms with Crippen molar-refractivity contribution in [3.8, 4) is 0 Å². The molecule has 0 saturated carbocycles. The summed E-state index contributed by atoms with van der Waals surface area (Å²) in [5.74, 6) is -0.347. The molecule has 96 valence electrons. The number of rotatable bonds is 4. The summed E-state index contributed by atoms with van der Waals surface area (Å²) in [6.45, 7) is 2.32. The second-order valence-corrected chi connectivity index (χ2v) is 4.35. The molecule has 2 rings (SSSR count). The molecule has 1 amide bonds. The van der Waals surface area contributed by atoms with E-state index in [-0.39, 0.29) is 5.91 Å². The fourth-order valence-corrected chi connectivity index (χ4v) is 1.91. The number of aliphatic hydroxyl groups excluding tert-OH is 1. The van der Waals surface area contributed by atoms with Crippen LogP contribution in [0.2, 0.25) is 0 Å². The van der Waals surface area contributed by atoms with E-state index in [0.29, 0.717) is 12.1 Å².